The van der Waals surface area contributed by atoms with Crippen molar-refractivity contribution in [2.75, 3.05) is 30.3 Å². The Hall–Kier alpha value is -2.10. The summed E-state index contributed by atoms with van der Waals surface area (Å²) in [5.74, 6) is -1.21. The van der Waals surface area contributed by atoms with Crippen molar-refractivity contribution in [2.24, 2.45) is 0 Å². The van der Waals surface area contributed by atoms with Crippen LogP contribution in [0.15, 0.2) is 28.5 Å². The minimum atomic E-state index is -3.97. The van der Waals surface area contributed by atoms with Gasteiger partial charge in [-0.1, -0.05) is 0 Å². The summed E-state index contributed by atoms with van der Waals surface area (Å²) < 4.78 is 27.9. The highest BCUT2D eigenvalue weighted by molar-refractivity contribution is 7.94. The van der Waals surface area contributed by atoms with E-state index >= 15 is 0 Å². The Morgan fingerprint density at radius 2 is 1.96 bits per heavy atom. The number of carbonyl (C=O) groups is 1. The molecule has 0 saturated heterocycles. The van der Waals surface area contributed by atoms with E-state index in [1.54, 1.807) is 24.3 Å². The van der Waals surface area contributed by atoms with E-state index in [0.29, 0.717) is 30.8 Å². The molecule has 0 amide bonds. The van der Waals surface area contributed by atoms with Crippen LogP contribution < -0.4 is 14.9 Å². The van der Waals surface area contributed by atoms with Crippen molar-refractivity contribution < 1.29 is 18.3 Å². The van der Waals surface area contributed by atoms with Gasteiger partial charge in [-0.3, -0.25) is 4.72 Å². The number of carboxylic acids is 1. The number of benzene rings is 1. The summed E-state index contributed by atoms with van der Waals surface area (Å²) >= 11 is 1.02. The lowest BCUT2D eigenvalue weighted by Gasteiger charge is -2.13. The van der Waals surface area contributed by atoms with Crippen LogP contribution in [0.5, 0.6) is 0 Å². The van der Waals surface area contributed by atoms with E-state index in [9.17, 15) is 18.3 Å². The normalized spacial score (nSPS) is 14.0. The lowest BCUT2D eigenvalue weighted by molar-refractivity contribution is 0.0692. The van der Waals surface area contributed by atoms with E-state index < -0.39 is 16.0 Å². The number of aromatic carboxylic acids is 1. The summed E-state index contributed by atoms with van der Waals surface area (Å²) in [5, 5.41) is 12.7. The maximum Gasteiger partial charge on any atom is 0.338 e. The van der Waals surface area contributed by atoms with Crippen molar-refractivity contribution in [1.82, 2.24) is 5.32 Å². The van der Waals surface area contributed by atoms with Crippen molar-refractivity contribution in [1.29, 1.82) is 0 Å². The molecule has 0 saturated carbocycles. The van der Waals surface area contributed by atoms with Crippen LogP contribution in [0.2, 0.25) is 0 Å². The summed E-state index contributed by atoms with van der Waals surface area (Å²) in [4.78, 5) is 14.3. The fourth-order valence-corrected chi connectivity index (χ4v) is 5.67. The molecule has 2 heterocycles. The van der Waals surface area contributed by atoms with E-state index in [2.05, 4.69) is 10.0 Å². The second-order valence-corrected chi connectivity index (χ2v) is 8.93. The van der Waals surface area contributed by atoms with Crippen LogP contribution in [0.25, 0.3) is 0 Å². The largest absolute Gasteiger partial charge is 0.478 e. The molecule has 3 N–H and O–H groups in total. The summed E-state index contributed by atoms with van der Waals surface area (Å²) in [6.07, 6.45) is 0.514. The van der Waals surface area contributed by atoms with E-state index in [0.717, 1.165) is 21.9 Å². The number of nitrogens with one attached hydrogen (secondary N) is 2. The molecule has 0 unspecified atom stereocenters. The minimum absolute atomic E-state index is 0.0982. The number of hydrogen-bond donors (Lipinski definition) is 3. The highest BCUT2D eigenvalue weighted by atomic mass is 32.2. The number of sulfonamides is 1. The second-order valence-electron chi connectivity index (χ2n) is 5.94. The van der Waals surface area contributed by atoms with Gasteiger partial charge in [-0.15, -0.1) is 11.3 Å². The molecular weight excluding hydrogens is 362 g/mol. The molecular formula is C16H19N3O4S2. The molecule has 25 heavy (non-hydrogen) atoms. The SMILES string of the molecule is CN(C)c1ccc(NS(=O)(=O)c2sc3c(c2C(=O)O)CCNC3)cc1. The average Bonchev–Trinajstić information content (AvgIpc) is 2.95. The Bertz CT molecular complexity index is 902. The van der Waals surface area contributed by atoms with Crippen LogP contribution >= 0.6 is 11.3 Å². The molecule has 3 rings (SSSR count). The van der Waals surface area contributed by atoms with E-state index in [1.165, 1.54) is 0 Å². The Labute approximate surface area is 150 Å². The number of rotatable bonds is 5. The van der Waals surface area contributed by atoms with Gasteiger partial charge in [0.15, 0.2) is 4.21 Å². The van der Waals surface area contributed by atoms with Crippen molar-refractivity contribution in [3.8, 4) is 0 Å². The first-order chi connectivity index (χ1) is 11.8. The predicted molar refractivity (Wildman–Crippen MR) is 98.3 cm³/mol. The van der Waals surface area contributed by atoms with Crippen LogP contribution in [0.4, 0.5) is 11.4 Å². The van der Waals surface area contributed by atoms with Gasteiger partial charge >= 0.3 is 5.97 Å². The number of nitrogens with zero attached hydrogens (tertiary/aromatic N) is 1. The van der Waals surface area contributed by atoms with Gasteiger partial charge in [-0.2, -0.15) is 0 Å². The molecule has 1 aromatic carbocycles. The van der Waals surface area contributed by atoms with Crippen LogP contribution in [0.1, 0.15) is 20.8 Å². The lowest BCUT2D eigenvalue weighted by atomic mass is 10.1. The highest BCUT2D eigenvalue weighted by Crippen LogP contribution is 2.35. The molecule has 1 aliphatic heterocycles. The van der Waals surface area contributed by atoms with Gasteiger partial charge in [0.2, 0.25) is 0 Å². The zero-order valence-electron chi connectivity index (χ0n) is 13.9. The molecule has 2 aromatic rings. The second kappa shape index (κ2) is 6.66. The molecule has 0 radical (unpaired) electrons. The van der Waals surface area contributed by atoms with Gasteiger partial charge in [-0.25, -0.2) is 13.2 Å². The summed E-state index contributed by atoms with van der Waals surface area (Å²) in [7, 11) is -0.187. The number of hydrogen-bond acceptors (Lipinski definition) is 6. The first kappa shape index (κ1) is 17.7. The van der Waals surface area contributed by atoms with Gasteiger partial charge in [0.25, 0.3) is 10.0 Å². The molecule has 0 spiro atoms. The van der Waals surface area contributed by atoms with Crippen LogP contribution in [-0.4, -0.2) is 40.1 Å². The van der Waals surface area contributed by atoms with Crippen molar-refractivity contribution in [3.63, 3.8) is 0 Å². The Kier molecular flexibility index (Phi) is 4.72. The zero-order chi connectivity index (χ0) is 18.2. The Morgan fingerprint density at radius 1 is 1.28 bits per heavy atom. The van der Waals surface area contributed by atoms with Gasteiger partial charge in [-0.05, 0) is 42.8 Å². The molecule has 7 nitrogen and oxygen atoms in total. The van der Waals surface area contributed by atoms with Crippen LogP contribution in [-0.2, 0) is 23.0 Å². The molecule has 134 valence electrons. The van der Waals surface area contributed by atoms with E-state index in [-0.39, 0.29) is 9.77 Å². The summed E-state index contributed by atoms with van der Waals surface area (Å²) in [5.41, 5.74) is 1.86. The zero-order valence-corrected chi connectivity index (χ0v) is 15.5. The lowest BCUT2D eigenvalue weighted by Crippen LogP contribution is -2.23. The third kappa shape index (κ3) is 3.48. The van der Waals surface area contributed by atoms with Crippen molar-refractivity contribution >= 4 is 38.7 Å². The third-order valence-electron chi connectivity index (χ3n) is 3.99. The number of anilines is 2. The molecule has 0 aliphatic carbocycles. The van der Waals surface area contributed by atoms with Crippen molar-refractivity contribution in [2.45, 2.75) is 17.2 Å². The molecule has 0 atom stereocenters. The topological polar surface area (TPSA) is 98.7 Å². The third-order valence-corrected chi connectivity index (χ3v) is 7.12. The standard InChI is InChI=1S/C16H19N3O4S2/c1-19(2)11-5-3-10(4-6-11)18-25(22,23)16-14(15(20)21)12-7-8-17-9-13(12)24-16/h3-6,17-18H,7-9H2,1-2H3,(H,20,21). The van der Waals surface area contributed by atoms with Gasteiger partial charge in [0, 0.05) is 36.9 Å². The minimum Gasteiger partial charge on any atom is -0.478 e. The fraction of sp³-hybridized carbons (Fsp3) is 0.312. The maximum absolute atomic E-state index is 12.8. The van der Waals surface area contributed by atoms with Gasteiger partial charge in [0.05, 0.1) is 5.56 Å². The summed E-state index contributed by atoms with van der Waals surface area (Å²) in [6.45, 7) is 1.14. The molecule has 0 fully saturated rings. The number of carboxylic acid groups (broad SMARTS) is 1. The van der Waals surface area contributed by atoms with Gasteiger partial charge in [0.1, 0.15) is 0 Å². The fourth-order valence-electron chi connectivity index (χ4n) is 2.74. The van der Waals surface area contributed by atoms with Crippen molar-refractivity contribution in [3.05, 3.63) is 40.3 Å². The number of fused-ring (bicyclic) bond motifs is 1. The highest BCUT2D eigenvalue weighted by Gasteiger charge is 2.31. The molecule has 0 bridgehead atoms. The molecule has 9 heteroatoms. The quantitative estimate of drug-likeness (QED) is 0.732. The average molecular weight is 381 g/mol. The number of thiophene rings is 1. The monoisotopic (exact) mass is 381 g/mol. The maximum atomic E-state index is 12.8. The van der Waals surface area contributed by atoms with Crippen LogP contribution in [0, 0.1) is 0 Å². The summed E-state index contributed by atoms with van der Waals surface area (Å²) in [6, 6.07) is 6.89. The predicted octanol–water partition coefficient (Wildman–Crippen LogP) is 1.96. The molecule has 1 aromatic heterocycles. The Morgan fingerprint density at radius 3 is 2.56 bits per heavy atom. The molecule has 1 aliphatic rings. The van der Waals surface area contributed by atoms with Crippen LogP contribution in [0.3, 0.4) is 0 Å². The van der Waals surface area contributed by atoms with E-state index in [4.69, 9.17) is 0 Å². The van der Waals surface area contributed by atoms with E-state index in [1.807, 2.05) is 19.0 Å². The first-order valence-corrected chi connectivity index (χ1v) is 9.98. The Balaban J connectivity index is 1.97. The smallest absolute Gasteiger partial charge is 0.338 e. The first-order valence-electron chi connectivity index (χ1n) is 7.68. The van der Waals surface area contributed by atoms with Gasteiger partial charge < -0.3 is 15.3 Å².